The molecule has 0 saturated carbocycles. The van der Waals surface area contributed by atoms with Crippen LogP contribution in [0.15, 0.2) is 3.79 Å². The summed E-state index contributed by atoms with van der Waals surface area (Å²) in [6, 6.07) is 0. The quantitative estimate of drug-likeness (QED) is 0.761. The van der Waals surface area contributed by atoms with Gasteiger partial charge in [-0.05, 0) is 0 Å². The first-order chi connectivity index (χ1) is 7.10. The molecule has 0 spiro atoms. The van der Waals surface area contributed by atoms with E-state index in [2.05, 4.69) is 74.3 Å². The molecular formula is C11H29N4V. The van der Waals surface area contributed by atoms with Crippen molar-refractivity contribution in [3.63, 3.8) is 0 Å². The molecule has 16 heavy (non-hydrogen) atoms. The molecule has 0 saturated heterocycles. The minimum absolute atomic E-state index is 0.0474. The molecule has 0 aliphatic carbocycles. The molecule has 0 rings (SSSR count). The maximum absolute atomic E-state index is 5.21. The Bertz CT molecular complexity index is 241. The van der Waals surface area contributed by atoms with Crippen LogP contribution < -0.4 is 0 Å². The molecule has 0 bridgehead atoms. The van der Waals surface area contributed by atoms with Gasteiger partial charge in [-0.25, -0.2) is 0 Å². The fraction of sp³-hybridized carbons (Fsp3) is 1.00. The van der Waals surface area contributed by atoms with Gasteiger partial charge in [0.15, 0.2) is 0 Å². The molecule has 0 heterocycles. The van der Waals surface area contributed by atoms with E-state index < -0.39 is 14.5 Å². The Morgan fingerprint density at radius 2 is 1.19 bits per heavy atom. The summed E-state index contributed by atoms with van der Waals surface area (Å²) in [4.78, 5) is 0. The predicted octanol–water partition coefficient (Wildman–Crippen LogP) is 1.94. The van der Waals surface area contributed by atoms with Crippen molar-refractivity contribution in [3.05, 3.63) is 0 Å². The summed E-state index contributed by atoms with van der Waals surface area (Å²) in [5.74, 6) is 0. The van der Waals surface area contributed by atoms with Crippen molar-refractivity contribution >= 4 is 0 Å². The van der Waals surface area contributed by atoms with Gasteiger partial charge >= 0.3 is 105 Å². The second-order valence-electron chi connectivity index (χ2n) is 5.34. The second kappa shape index (κ2) is 5.74. The number of nitrogens with zero attached hydrogens (tertiary/aromatic N) is 4. The molecule has 0 unspecified atom stereocenters. The van der Waals surface area contributed by atoms with Crippen LogP contribution >= 0.6 is 0 Å². The van der Waals surface area contributed by atoms with Crippen LogP contribution in [0.25, 0.3) is 0 Å². The molecule has 0 radical (unpaired) electrons. The second-order valence-corrected chi connectivity index (χ2v) is 11.1. The molecule has 0 fully saturated rings. The first-order valence-electron chi connectivity index (χ1n) is 5.77. The molecule has 0 aliphatic heterocycles. The minimum atomic E-state index is -2.46. The Labute approximate surface area is 105 Å². The Morgan fingerprint density at radius 3 is 1.38 bits per heavy atom. The molecule has 5 heteroatoms. The van der Waals surface area contributed by atoms with Crippen LogP contribution in [0.4, 0.5) is 0 Å². The topological polar surface area (TPSA) is 22.1 Å². The van der Waals surface area contributed by atoms with Gasteiger partial charge in [-0.15, -0.1) is 0 Å². The summed E-state index contributed by atoms with van der Waals surface area (Å²) < 4.78 is 12.2. The van der Waals surface area contributed by atoms with Gasteiger partial charge in [0.05, 0.1) is 0 Å². The molecule has 4 nitrogen and oxygen atoms in total. The molecule has 0 aliphatic rings. The van der Waals surface area contributed by atoms with Crippen LogP contribution in [0.1, 0.15) is 27.2 Å². The monoisotopic (exact) mass is 268 g/mol. The van der Waals surface area contributed by atoms with Crippen LogP contribution in [-0.4, -0.2) is 59.1 Å². The van der Waals surface area contributed by atoms with E-state index >= 15 is 0 Å². The fourth-order valence-corrected chi connectivity index (χ4v) is 7.32. The van der Waals surface area contributed by atoms with Gasteiger partial charge in [-0.2, -0.15) is 0 Å². The molecular weight excluding hydrogens is 239 g/mol. The summed E-state index contributed by atoms with van der Waals surface area (Å²) in [6.45, 7) is 6.65. The SMILES string of the molecule is CCC(C)(C)[N]=[V]([N](C)C)([N](C)C)[N](C)C. The van der Waals surface area contributed by atoms with E-state index in [0.29, 0.717) is 0 Å². The molecule has 0 aromatic heterocycles. The van der Waals surface area contributed by atoms with Crippen LogP contribution in [0.2, 0.25) is 0 Å². The zero-order valence-corrected chi connectivity index (χ0v) is 13.8. The van der Waals surface area contributed by atoms with E-state index in [1.165, 1.54) is 0 Å². The van der Waals surface area contributed by atoms with E-state index in [4.69, 9.17) is 3.79 Å². The summed E-state index contributed by atoms with van der Waals surface area (Å²) in [5.41, 5.74) is 0.0474. The molecule has 0 amide bonds. The maximum atomic E-state index is 5.21. The zero-order valence-electron chi connectivity index (χ0n) is 12.4. The zero-order chi connectivity index (χ0) is 13.1. The number of rotatable bonds is 5. The van der Waals surface area contributed by atoms with Crippen molar-refractivity contribution in [2.75, 3.05) is 42.3 Å². The summed E-state index contributed by atoms with van der Waals surface area (Å²) in [6.07, 6.45) is 1.07. The summed E-state index contributed by atoms with van der Waals surface area (Å²) in [5, 5.41) is 0. The van der Waals surface area contributed by atoms with Crippen molar-refractivity contribution in [2.24, 2.45) is 3.79 Å². The van der Waals surface area contributed by atoms with E-state index in [1.807, 2.05) is 0 Å². The molecule has 0 aromatic rings. The standard InChI is InChI=1S/C5H11N.3C2H6N.V/c1-4-5(2,3)6;3*1-3-2;/h4H2,1-3H3;3*1-2H3;/q;3*-1;+3. The van der Waals surface area contributed by atoms with Gasteiger partial charge in [-0.1, -0.05) is 0 Å². The van der Waals surface area contributed by atoms with Crippen LogP contribution in [0.5, 0.6) is 0 Å². The Hall–Kier alpha value is 0.264. The summed E-state index contributed by atoms with van der Waals surface area (Å²) >= 11 is -2.46. The summed E-state index contributed by atoms with van der Waals surface area (Å²) in [7, 11) is 12.8. The Balaban J connectivity index is 5.72. The number of hydrogen-bond donors (Lipinski definition) is 0. The van der Waals surface area contributed by atoms with Crippen molar-refractivity contribution in [1.29, 1.82) is 0 Å². The third-order valence-electron chi connectivity index (χ3n) is 2.88. The van der Waals surface area contributed by atoms with E-state index in [9.17, 15) is 0 Å². The Kier molecular flexibility index (Phi) is 5.83. The van der Waals surface area contributed by atoms with Crippen molar-refractivity contribution in [3.8, 4) is 0 Å². The van der Waals surface area contributed by atoms with Gasteiger partial charge in [0.25, 0.3) is 0 Å². The molecule has 0 aromatic carbocycles. The van der Waals surface area contributed by atoms with E-state index in [0.717, 1.165) is 6.42 Å². The van der Waals surface area contributed by atoms with Gasteiger partial charge < -0.3 is 0 Å². The van der Waals surface area contributed by atoms with Gasteiger partial charge in [-0.3, -0.25) is 0 Å². The normalized spacial score (nSPS) is 14.0. The van der Waals surface area contributed by atoms with Crippen molar-refractivity contribution in [2.45, 2.75) is 32.7 Å². The van der Waals surface area contributed by atoms with Gasteiger partial charge in [0.1, 0.15) is 0 Å². The fourth-order valence-electron chi connectivity index (χ4n) is 1.78. The predicted molar refractivity (Wildman–Crippen MR) is 67.9 cm³/mol. The van der Waals surface area contributed by atoms with E-state index in [-0.39, 0.29) is 5.54 Å². The van der Waals surface area contributed by atoms with Crippen LogP contribution in [0, 0.1) is 0 Å². The first kappa shape index (κ1) is 16.3. The molecule has 0 N–H and O–H groups in total. The van der Waals surface area contributed by atoms with Crippen molar-refractivity contribution in [1.82, 2.24) is 11.2 Å². The first-order valence-corrected chi connectivity index (χ1v) is 8.27. The third kappa shape index (κ3) is 3.38. The van der Waals surface area contributed by atoms with Crippen LogP contribution in [0.3, 0.4) is 0 Å². The third-order valence-corrected chi connectivity index (χ3v) is 9.17. The average Bonchev–Trinajstić information content (AvgIpc) is 2.12. The number of hydrogen-bond acceptors (Lipinski definition) is 1. The van der Waals surface area contributed by atoms with Crippen molar-refractivity contribution < 1.29 is 14.5 Å². The van der Waals surface area contributed by atoms with Gasteiger partial charge in [0.2, 0.25) is 0 Å². The average molecular weight is 268 g/mol. The van der Waals surface area contributed by atoms with E-state index in [1.54, 1.807) is 0 Å². The van der Waals surface area contributed by atoms with Gasteiger partial charge in [0, 0.05) is 0 Å². The molecule has 98 valence electrons. The Morgan fingerprint density at radius 1 is 0.875 bits per heavy atom. The molecule has 0 atom stereocenters. The van der Waals surface area contributed by atoms with Crippen LogP contribution in [-0.2, 0) is 14.5 Å².